The molecule has 0 amide bonds. The van der Waals surface area contributed by atoms with Crippen LogP contribution in [0.2, 0.25) is 0 Å². The summed E-state index contributed by atoms with van der Waals surface area (Å²) in [6, 6.07) is 14.2. The number of nitrogens with zero attached hydrogens (tertiary/aromatic N) is 2. The molecule has 0 aliphatic carbocycles. The average molecular weight is 237 g/mol. The van der Waals surface area contributed by atoms with Crippen LogP contribution in [-0.4, -0.2) is 9.78 Å². The zero-order valence-corrected chi connectivity index (χ0v) is 10.5. The first kappa shape index (κ1) is 10.8. The summed E-state index contributed by atoms with van der Waals surface area (Å²) in [5.74, 6) is 0. The predicted molar refractivity (Wildman–Crippen MR) is 75.3 cm³/mol. The maximum absolute atomic E-state index is 5.88. The molecule has 0 aliphatic heterocycles. The summed E-state index contributed by atoms with van der Waals surface area (Å²) >= 11 is 0. The molecule has 0 atom stereocenters. The van der Waals surface area contributed by atoms with Gasteiger partial charge < -0.3 is 5.73 Å². The number of nitrogens with two attached hydrogens (primary N) is 1. The fourth-order valence-electron chi connectivity index (χ4n) is 2.32. The van der Waals surface area contributed by atoms with Gasteiger partial charge in [0.15, 0.2) is 0 Å². The third kappa shape index (κ3) is 1.56. The van der Waals surface area contributed by atoms with Crippen LogP contribution < -0.4 is 5.73 Å². The zero-order valence-electron chi connectivity index (χ0n) is 10.5. The van der Waals surface area contributed by atoms with Gasteiger partial charge >= 0.3 is 0 Å². The molecule has 0 aliphatic rings. The maximum Gasteiger partial charge on any atom is 0.100 e. The van der Waals surface area contributed by atoms with Gasteiger partial charge in [-0.25, -0.2) is 0 Å². The Morgan fingerprint density at radius 3 is 2.67 bits per heavy atom. The molecule has 0 unspecified atom stereocenters. The number of fused-ring (bicyclic) bond motifs is 1. The van der Waals surface area contributed by atoms with Crippen LogP contribution in [0.25, 0.3) is 22.2 Å². The lowest BCUT2D eigenvalue weighted by molar-refractivity contribution is 0.800. The van der Waals surface area contributed by atoms with Crippen molar-refractivity contribution in [2.75, 3.05) is 5.73 Å². The summed E-state index contributed by atoms with van der Waals surface area (Å²) < 4.78 is 1.90. The van der Waals surface area contributed by atoms with Crippen molar-refractivity contribution in [2.24, 2.45) is 7.05 Å². The molecule has 0 saturated carbocycles. The molecule has 2 N–H and O–H groups in total. The summed E-state index contributed by atoms with van der Waals surface area (Å²) in [6.45, 7) is 2.10. The van der Waals surface area contributed by atoms with Crippen LogP contribution in [-0.2, 0) is 7.05 Å². The Balaban J connectivity index is 2.36. The molecular weight excluding hydrogens is 222 g/mol. The Bertz CT molecular complexity index is 726. The van der Waals surface area contributed by atoms with E-state index < -0.39 is 0 Å². The SMILES string of the molecule is Cc1ccccc1-c1nn(C)c2ccc(N)cc12. The Hall–Kier alpha value is -2.29. The van der Waals surface area contributed by atoms with E-state index >= 15 is 0 Å². The summed E-state index contributed by atoms with van der Waals surface area (Å²) in [5.41, 5.74) is 11.1. The second kappa shape index (κ2) is 3.88. The van der Waals surface area contributed by atoms with Gasteiger partial charge in [-0.1, -0.05) is 24.3 Å². The molecule has 0 radical (unpaired) electrons. The first-order valence-electron chi connectivity index (χ1n) is 5.95. The van der Waals surface area contributed by atoms with Crippen molar-refractivity contribution in [3.63, 3.8) is 0 Å². The summed E-state index contributed by atoms with van der Waals surface area (Å²) in [7, 11) is 1.96. The number of rotatable bonds is 1. The molecule has 3 aromatic rings. The Morgan fingerprint density at radius 2 is 1.89 bits per heavy atom. The van der Waals surface area contributed by atoms with E-state index in [0.29, 0.717) is 0 Å². The van der Waals surface area contributed by atoms with Crippen LogP contribution >= 0.6 is 0 Å². The fraction of sp³-hybridized carbons (Fsp3) is 0.133. The molecule has 1 aromatic heterocycles. The van der Waals surface area contributed by atoms with E-state index in [0.717, 1.165) is 27.8 Å². The van der Waals surface area contributed by atoms with Gasteiger partial charge in [-0.2, -0.15) is 5.10 Å². The van der Waals surface area contributed by atoms with E-state index in [-0.39, 0.29) is 0 Å². The number of benzene rings is 2. The molecule has 0 saturated heterocycles. The molecule has 18 heavy (non-hydrogen) atoms. The lowest BCUT2D eigenvalue weighted by atomic mass is 10.0. The van der Waals surface area contributed by atoms with Gasteiger partial charge in [-0.05, 0) is 30.7 Å². The minimum Gasteiger partial charge on any atom is -0.399 e. The van der Waals surface area contributed by atoms with Gasteiger partial charge in [0.1, 0.15) is 5.69 Å². The smallest absolute Gasteiger partial charge is 0.100 e. The van der Waals surface area contributed by atoms with E-state index in [2.05, 4.69) is 24.2 Å². The largest absolute Gasteiger partial charge is 0.399 e. The van der Waals surface area contributed by atoms with Crippen LogP contribution in [0, 0.1) is 6.92 Å². The minimum atomic E-state index is 0.769. The highest BCUT2D eigenvalue weighted by Gasteiger charge is 2.12. The van der Waals surface area contributed by atoms with Gasteiger partial charge in [-0.15, -0.1) is 0 Å². The molecule has 90 valence electrons. The monoisotopic (exact) mass is 237 g/mol. The van der Waals surface area contributed by atoms with Gasteiger partial charge in [0.25, 0.3) is 0 Å². The first-order chi connectivity index (χ1) is 8.66. The molecular formula is C15H15N3. The van der Waals surface area contributed by atoms with E-state index in [1.807, 2.05) is 42.1 Å². The van der Waals surface area contributed by atoms with Crippen LogP contribution in [0.15, 0.2) is 42.5 Å². The molecule has 3 nitrogen and oxygen atoms in total. The van der Waals surface area contributed by atoms with Crippen molar-refractivity contribution < 1.29 is 0 Å². The third-order valence-corrected chi connectivity index (χ3v) is 3.27. The van der Waals surface area contributed by atoms with Crippen molar-refractivity contribution in [1.82, 2.24) is 9.78 Å². The number of anilines is 1. The lowest BCUT2D eigenvalue weighted by Crippen LogP contribution is -1.90. The second-order valence-electron chi connectivity index (χ2n) is 4.56. The van der Waals surface area contributed by atoms with Crippen molar-refractivity contribution in [3.05, 3.63) is 48.0 Å². The molecule has 3 rings (SSSR count). The van der Waals surface area contributed by atoms with Crippen molar-refractivity contribution in [2.45, 2.75) is 6.92 Å². The number of nitrogen functional groups attached to an aromatic ring is 1. The minimum absolute atomic E-state index is 0.769. The highest BCUT2D eigenvalue weighted by atomic mass is 15.3. The molecule has 3 heteroatoms. The molecule has 0 spiro atoms. The van der Waals surface area contributed by atoms with Crippen molar-refractivity contribution in [3.8, 4) is 11.3 Å². The zero-order chi connectivity index (χ0) is 12.7. The summed E-state index contributed by atoms with van der Waals surface area (Å²) in [5, 5.41) is 5.73. The van der Waals surface area contributed by atoms with Crippen molar-refractivity contribution >= 4 is 16.6 Å². The van der Waals surface area contributed by atoms with Gasteiger partial charge in [0.05, 0.1) is 5.52 Å². The summed E-state index contributed by atoms with van der Waals surface area (Å²) in [4.78, 5) is 0. The van der Waals surface area contributed by atoms with Crippen molar-refractivity contribution in [1.29, 1.82) is 0 Å². The number of hydrogen-bond donors (Lipinski definition) is 1. The standard InChI is InChI=1S/C15H15N3/c1-10-5-3-4-6-12(10)15-13-9-11(16)7-8-14(13)18(2)17-15/h3-9H,16H2,1-2H3. The number of hydrogen-bond acceptors (Lipinski definition) is 2. The second-order valence-corrected chi connectivity index (χ2v) is 4.56. The highest BCUT2D eigenvalue weighted by molar-refractivity contribution is 5.95. The first-order valence-corrected chi connectivity index (χ1v) is 5.95. The van der Waals surface area contributed by atoms with Crippen LogP contribution in [0.4, 0.5) is 5.69 Å². The maximum atomic E-state index is 5.88. The average Bonchev–Trinajstić information content (AvgIpc) is 2.67. The van der Waals surface area contributed by atoms with E-state index in [1.165, 1.54) is 5.56 Å². The van der Waals surface area contributed by atoms with E-state index in [1.54, 1.807) is 0 Å². The molecule has 2 aromatic carbocycles. The van der Waals surface area contributed by atoms with Crippen LogP contribution in [0.5, 0.6) is 0 Å². The number of aromatic nitrogens is 2. The van der Waals surface area contributed by atoms with E-state index in [4.69, 9.17) is 5.73 Å². The molecule has 1 heterocycles. The Morgan fingerprint density at radius 1 is 1.11 bits per heavy atom. The topological polar surface area (TPSA) is 43.8 Å². The third-order valence-electron chi connectivity index (χ3n) is 3.27. The normalized spacial score (nSPS) is 11.0. The van der Waals surface area contributed by atoms with Crippen LogP contribution in [0.3, 0.4) is 0 Å². The predicted octanol–water partition coefficient (Wildman–Crippen LogP) is 3.13. The van der Waals surface area contributed by atoms with Gasteiger partial charge in [0.2, 0.25) is 0 Å². The Labute approximate surface area is 106 Å². The van der Waals surface area contributed by atoms with Crippen LogP contribution in [0.1, 0.15) is 5.56 Å². The molecule has 0 bridgehead atoms. The quantitative estimate of drug-likeness (QED) is 0.661. The lowest BCUT2D eigenvalue weighted by Gasteiger charge is -2.02. The molecule has 0 fully saturated rings. The summed E-state index contributed by atoms with van der Waals surface area (Å²) in [6.07, 6.45) is 0. The Kier molecular flexibility index (Phi) is 2.33. The van der Waals surface area contributed by atoms with E-state index in [9.17, 15) is 0 Å². The highest BCUT2D eigenvalue weighted by Crippen LogP contribution is 2.30. The van der Waals surface area contributed by atoms with Gasteiger partial charge in [-0.3, -0.25) is 4.68 Å². The number of aryl methyl sites for hydroxylation is 2. The van der Waals surface area contributed by atoms with Gasteiger partial charge in [0, 0.05) is 23.7 Å². The fourth-order valence-corrected chi connectivity index (χ4v) is 2.32.